The molecule has 0 spiro atoms. The van der Waals surface area contributed by atoms with Crippen molar-refractivity contribution in [1.29, 1.82) is 0 Å². The number of hydrogen-bond donors (Lipinski definition) is 1. The van der Waals surface area contributed by atoms with Gasteiger partial charge in [-0.3, -0.25) is 4.90 Å². The summed E-state index contributed by atoms with van der Waals surface area (Å²) in [5, 5.41) is 10.1. The van der Waals surface area contributed by atoms with Crippen LogP contribution < -0.4 is 4.74 Å². The molecule has 0 bridgehead atoms. The average Bonchev–Trinajstić information content (AvgIpc) is 2.60. The molecule has 1 aromatic carbocycles. The predicted octanol–water partition coefficient (Wildman–Crippen LogP) is 2.92. The van der Waals surface area contributed by atoms with Gasteiger partial charge in [-0.05, 0) is 29.5 Å². The summed E-state index contributed by atoms with van der Waals surface area (Å²) in [4.78, 5) is 2.22. The summed E-state index contributed by atoms with van der Waals surface area (Å²) < 4.78 is 17.2. The molecular weight excluding hydrogens is 330 g/mol. The number of benzene rings is 1. The van der Waals surface area contributed by atoms with Gasteiger partial charge < -0.3 is 19.3 Å². The Morgan fingerprint density at radius 2 is 1.88 bits per heavy atom. The van der Waals surface area contributed by atoms with Crippen LogP contribution in [0.5, 0.6) is 5.75 Å². The first kappa shape index (κ1) is 21.2. The molecule has 0 aliphatic carbocycles. The Morgan fingerprint density at radius 3 is 2.54 bits per heavy atom. The number of β-amino-alcohol motifs (C(OH)–C–C–N with tert-alkyl or cyclic N) is 1. The fraction of sp³-hybridized carbons (Fsp3) is 0.714. The third kappa shape index (κ3) is 7.62. The molecule has 1 aliphatic heterocycles. The molecule has 2 rings (SSSR count). The van der Waals surface area contributed by atoms with Gasteiger partial charge in [-0.15, -0.1) is 0 Å². The molecule has 148 valence electrons. The van der Waals surface area contributed by atoms with E-state index in [1.807, 2.05) is 12.1 Å². The van der Waals surface area contributed by atoms with Crippen molar-refractivity contribution < 1.29 is 19.3 Å². The first-order valence-corrected chi connectivity index (χ1v) is 9.76. The zero-order valence-electron chi connectivity index (χ0n) is 16.7. The molecular formula is C21H35NO4. The lowest BCUT2D eigenvalue weighted by atomic mass is 10.0. The van der Waals surface area contributed by atoms with Crippen molar-refractivity contribution in [1.82, 2.24) is 4.90 Å². The van der Waals surface area contributed by atoms with E-state index in [1.165, 1.54) is 5.56 Å². The fourth-order valence-corrected chi connectivity index (χ4v) is 2.98. The lowest BCUT2D eigenvalue weighted by molar-refractivity contribution is -0.0654. The van der Waals surface area contributed by atoms with E-state index in [1.54, 1.807) is 0 Å². The van der Waals surface area contributed by atoms with Gasteiger partial charge >= 0.3 is 0 Å². The van der Waals surface area contributed by atoms with Crippen molar-refractivity contribution in [3.8, 4) is 5.75 Å². The molecule has 0 aromatic heterocycles. The molecule has 2 atom stereocenters. The van der Waals surface area contributed by atoms with E-state index < -0.39 is 6.10 Å². The molecule has 1 saturated heterocycles. The molecule has 1 fully saturated rings. The monoisotopic (exact) mass is 365 g/mol. The van der Waals surface area contributed by atoms with Gasteiger partial charge in [0.25, 0.3) is 0 Å². The highest BCUT2D eigenvalue weighted by molar-refractivity contribution is 5.28. The van der Waals surface area contributed by atoms with E-state index in [9.17, 15) is 5.11 Å². The van der Waals surface area contributed by atoms with Crippen molar-refractivity contribution in [2.45, 2.75) is 45.8 Å². The fourth-order valence-electron chi connectivity index (χ4n) is 2.98. The van der Waals surface area contributed by atoms with E-state index in [0.29, 0.717) is 44.8 Å². The second-order valence-corrected chi connectivity index (χ2v) is 7.87. The molecule has 0 amide bonds. The minimum atomic E-state index is -0.461. The van der Waals surface area contributed by atoms with E-state index in [0.717, 1.165) is 18.8 Å². The smallest absolute Gasteiger partial charge is 0.119 e. The van der Waals surface area contributed by atoms with Gasteiger partial charge in [-0.2, -0.15) is 0 Å². The Labute approximate surface area is 158 Å². The molecule has 1 aromatic rings. The maximum absolute atomic E-state index is 10.1. The van der Waals surface area contributed by atoms with E-state index in [-0.39, 0.29) is 6.10 Å². The van der Waals surface area contributed by atoms with Crippen LogP contribution in [0, 0.1) is 5.92 Å². The summed E-state index contributed by atoms with van der Waals surface area (Å²) in [6.07, 6.45) is -0.436. The Hall–Kier alpha value is -1.14. The van der Waals surface area contributed by atoms with Crippen LogP contribution in [-0.2, 0) is 9.47 Å². The second kappa shape index (κ2) is 10.9. The number of ether oxygens (including phenoxy) is 3. The van der Waals surface area contributed by atoms with Crippen molar-refractivity contribution in [3.63, 3.8) is 0 Å². The Balaban J connectivity index is 1.70. The summed E-state index contributed by atoms with van der Waals surface area (Å²) >= 11 is 0. The van der Waals surface area contributed by atoms with Crippen molar-refractivity contribution >= 4 is 0 Å². The lowest BCUT2D eigenvalue weighted by Gasteiger charge is -2.33. The number of aliphatic hydroxyl groups excluding tert-OH is 1. The van der Waals surface area contributed by atoms with Crippen LogP contribution in [0.1, 0.15) is 39.2 Å². The maximum Gasteiger partial charge on any atom is 0.119 e. The van der Waals surface area contributed by atoms with Crippen LogP contribution in [0.3, 0.4) is 0 Å². The van der Waals surface area contributed by atoms with Gasteiger partial charge in [-0.25, -0.2) is 0 Å². The molecule has 5 nitrogen and oxygen atoms in total. The molecule has 1 heterocycles. The Morgan fingerprint density at radius 1 is 1.15 bits per heavy atom. The topological polar surface area (TPSA) is 51.2 Å². The zero-order valence-corrected chi connectivity index (χ0v) is 16.7. The minimum absolute atomic E-state index is 0.0253. The highest BCUT2D eigenvalue weighted by Crippen LogP contribution is 2.19. The zero-order chi connectivity index (χ0) is 18.9. The van der Waals surface area contributed by atoms with Crippen LogP contribution in [0.25, 0.3) is 0 Å². The van der Waals surface area contributed by atoms with Crippen LogP contribution in [-0.4, -0.2) is 68.3 Å². The van der Waals surface area contributed by atoms with Gasteiger partial charge in [0.15, 0.2) is 0 Å². The summed E-state index contributed by atoms with van der Waals surface area (Å²) in [6, 6.07) is 8.26. The molecule has 0 saturated carbocycles. The van der Waals surface area contributed by atoms with Gasteiger partial charge in [0.2, 0.25) is 0 Å². The largest absolute Gasteiger partial charge is 0.491 e. The van der Waals surface area contributed by atoms with Gasteiger partial charge in [0, 0.05) is 26.2 Å². The Bertz CT molecular complexity index is 503. The highest BCUT2D eigenvalue weighted by Gasteiger charge is 2.23. The van der Waals surface area contributed by atoms with E-state index >= 15 is 0 Å². The Kier molecular flexibility index (Phi) is 8.85. The first-order valence-electron chi connectivity index (χ1n) is 9.76. The van der Waals surface area contributed by atoms with E-state index in [2.05, 4.69) is 44.7 Å². The number of aliphatic hydroxyl groups is 1. The molecule has 5 heteroatoms. The SMILES string of the molecule is CC(C)COCC(O)CN1CCOC(COc2ccc(C(C)C)cc2)C1. The van der Waals surface area contributed by atoms with Crippen molar-refractivity contribution in [2.75, 3.05) is 46.1 Å². The lowest BCUT2D eigenvalue weighted by Crippen LogP contribution is -2.48. The number of nitrogens with zero attached hydrogens (tertiary/aromatic N) is 1. The molecule has 2 unspecified atom stereocenters. The van der Waals surface area contributed by atoms with Crippen LogP contribution >= 0.6 is 0 Å². The van der Waals surface area contributed by atoms with E-state index in [4.69, 9.17) is 14.2 Å². The van der Waals surface area contributed by atoms with Crippen LogP contribution in [0.15, 0.2) is 24.3 Å². The van der Waals surface area contributed by atoms with Crippen LogP contribution in [0.4, 0.5) is 0 Å². The summed E-state index contributed by atoms with van der Waals surface area (Å²) in [6.45, 7) is 13.1. The first-order chi connectivity index (χ1) is 12.4. The highest BCUT2D eigenvalue weighted by atomic mass is 16.5. The standard InChI is InChI=1S/C21H35NO4/c1-16(2)13-24-14-19(23)11-22-9-10-25-21(12-22)15-26-20-7-5-18(6-8-20)17(3)4/h5-8,16-17,19,21,23H,9-15H2,1-4H3. The number of morpholine rings is 1. The maximum atomic E-state index is 10.1. The van der Waals surface area contributed by atoms with Gasteiger partial charge in [-0.1, -0.05) is 39.8 Å². The molecule has 26 heavy (non-hydrogen) atoms. The normalized spacial score (nSPS) is 19.9. The summed E-state index contributed by atoms with van der Waals surface area (Å²) in [5.41, 5.74) is 1.31. The molecule has 0 radical (unpaired) electrons. The third-order valence-electron chi connectivity index (χ3n) is 4.44. The third-order valence-corrected chi connectivity index (χ3v) is 4.44. The summed E-state index contributed by atoms with van der Waals surface area (Å²) in [7, 11) is 0. The predicted molar refractivity (Wildman–Crippen MR) is 104 cm³/mol. The van der Waals surface area contributed by atoms with Gasteiger partial charge in [0.05, 0.1) is 19.3 Å². The number of rotatable bonds is 10. The quantitative estimate of drug-likeness (QED) is 0.691. The molecule has 1 N–H and O–H groups in total. The minimum Gasteiger partial charge on any atom is -0.491 e. The van der Waals surface area contributed by atoms with Crippen molar-refractivity contribution in [3.05, 3.63) is 29.8 Å². The van der Waals surface area contributed by atoms with Crippen molar-refractivity contribution in [2.24, 2.45) is 5.92 Å². The van der Waals surface area contributed by atoms with Crippen LogP contribution in [0.2, 0.25) is 0 Å². The summed E-state index contributed by atoms with van der Waals surface area (Å²) in [5.74, 6) is 1.88. The second-order valence-electron chi connectivity index (χ2n) is 7.87. The molecule has 1 aliphatic rings. The van der Waals surface area contributed by atoms with Gasteiger partial charge in [0.1, 0.15) is 18.5 Å². The average molecular weight is 366 g/mol. The number of hydrogen-bond acceptors (Lipinski definition) is 5.